The number of hydrogen-bond donors (Lipinski definition) is 1. The third kappa shape index (κ3) is 4.28. The van der Waals surface area contributed by atoms with Crippen LogP contribution in [0.2, 0.25) is 0 Å². The molecular weight excluding hydrogens is 372 g/mol. The summed E-state index contributed by atoms with van der Waals surface area (Å²) in [7, 11) is 0. The summed E-state index contributed by atoms with van der Waals surface area (Å²) in [6, 6.07) is 16.4. The number of carbonyl (C=O) groups excluding carboxylic acids is 1. The molecule has 0 saturated carbocycles. The fourth-order valence-electron chi connectivity index (χ4n) is 3.92. The van der Waals surface area contributed by atoms with Gasteiger partial charge in [0, 0.05) is 36.1 Å². The van der Waals surface area contributed by atoms with Crippen molar-refractivity contribution in [1.29, 1.82) is 0 Å². The Balaban J connectivity index is 1.30. The van der Waals surface area contributed by atoms with Crippen LogP contribution in [-0.4, -0.2) is 49.4 Å². The van der Waals surface area contributed by atoms with Gasteiger partial charge >= 0.3 is 0 Å². The summed E-state index contributed by atoms with van der Waals surface area (Å²) in [6.07, 6.45) is 0.526. The van der Waals surface area contributed by atoms with Crippen LogP contribution >= 0.6 is 11.8 Å². The Morgan fingerprint density at radius 3 is 2.64 bits per heavy atom. The third-order valence-corrected chi connectivity index (χ3v) is 6.42. The second kappa shape index (κ2) is 8.88. The molecule has 1 fully saturated rings. The van der Waals surface area contributed by atoms with Gasteiger partial charge in [0.15, 0.2) is 11.5 Å². The van der Waals surface area contributed by atoms with Crippen molar-refractivity contribution in [3.63, 3.8) is 0 Å². The number of rotatable bonds is 6. The van der Waals surface area contributed by atoms with Gasteiger partial charge in [0.05, 0.1) is 0 Å². The smallest absolute Gasteiger partial charge is 0.223 e. The van der Waals surface area contributed by atoms with Gasteiger partial charge in [-0.25, -0.2) is 0 Å². The van der Waals surface area contributed by atoms with Crippen LogP contribution in [0, 0.1) is 5.92 Å². The first-order valence-electron chi connectivity index (χ1n) is 9.80. The Kier molecular flexibility index (Phi) is 6.07. The van der Waals surface area contributed by atoms with E-state index >= 15 is 0 Å². The molecule has 0 aliphatic carbocycles. The van der Waals surface area contributed by atoms with Gasteiger partial charge < -0.3 is 20.1 Å². The molecule has 2 heterocycles. The molecule has 2 aromatic rings. The monoisotopic (exact) mass is 398 g/mol. The highest BCUT2D eigenvalue weighted by atomic mass is 32.2. The Bertz CT molecular complexity index is 815. The normalized spacial score (nSPS) is 21.0. The van der Waals surface area contributed by atoms with E-state index < -0.39 is 0 Å². The van der Waals surface area contributed by atoms with Crippen molar-refractivity contribution in [2.45, 2.75) is 17.2 Å². The molecule has 5 nitrogen and oxygen atoms in total. The summed E-state index contributed by atoms with van der Waals surface area (Å²) < 4.78 is 11.2. The molecular formula is C22H26N2O3S. The van der Waals surface area contributed by atoms with Gasteiger partial charge in [0.25, 0.3) is 0 Å². The lowest BCUT2D eigenvalue weighted by Crippen LogP contribution is -2.30. The van der Waals surface area contributed by atoms with E-state index in [4.69, 9.17) is 15.2 Å². The Hall–Kier alpha value is -2.18. The number of thioether (sulfide) groups is 1. The number of hydrogen-bond acceptors (Lipinski definition) is 5. The molecule has 1 amide bonds. The van der Waals surface area contributed by atoms with Gasteiger partial charge in [-0.15, -0.1) is 11.8 Å². The van der Waals surface area contributed by atoms with E-state index in [9.17, 15) is 4.79 Å². The maximum Gasteiger partial charge on any atom is 0.223 e. The van der Waals surface area contributed by atoms with Crippen LogP contribution in [0.15, 0.2) is 53.4 Å². The molecule has 2 N–H and O–H groups in total. The summed E-state index contributed by atoms with van der Waals surface area (Å²) >= 11 is 1.68. The average Bonchev–Trinajstić information content (AvgIpc) is 3.19. The predicted molar refractivity (Wildman–Crippen MR) is 111 cm³/mol. The lowest BCUT2D eigenvalue weighted by Gasteiger charge is -2.19. The van der Waals surface area contributed by atoms with Gasteiger partial charge in [0.1, 0.15) is 13.2 Å². The van der Waals surface area contributed by atoms with Crippen molar-refractivity contribution >= 4 is 17.7 Å². The Labute approximate surface area is 170 Å². The molecule has 2 atom stereocenters. The number of carbonyl (C=O) groups is 1. The van der Waals surface area contributed by atoms with Crippen molar-refractivity contribution in [2.75, 3.05) is 38.6 Å². The second-order valence-corrected chi connectivity index (χ2v) is 8.38. The third-order valence-electron chi connectivity index (χ3n) is 5.42. The molecule has 1 saturated heterocycles. The quantitative estimate of drug-likeness (QED) is 0.758. The standard InChI is InChI=1S/C22H26N2O3S/c23-13-17-14-24(15-19(17)16-4-2-1-3-5-16)22(25)8-11-28-18-6-7-20-21(12-18)27-10-9-26-20/h1-7,12,17,19H,8-11,13-15,23H2/t17-,19+/m1/s1. The lowest BCUT2D eigenvalue weighted by atomic mass is 9.89. The number of fused-ring (bicyclic) bond motifs is 1. The SMILES string of the molecule is NC[C@@H]1CN(C(=O)CCSc2ccc3c(c2)OCCO3)C[C@H]1c1ccccc1. The minimum absolute atomic E-state index is 0.210. The number of likely N-dealkylation sites (tertiary alicyclic amines) is 1. The maximum atomic E-state index is 12.7. The van der Waals surface area contributed by atoms with Crippen molar-refractivity contribution in [3.05, 3.63) is 54.1 Å². The van der Waals surface area contributed by atoms with Crippen LogP contribution in [-0.2, 0) is 4.79 Å². The molecule has 0 aromatic heterocycles. The summed E-state index contributed by atoms with van der Waals surface area (Å²) in [6.45, 7) is 3.30. The largest absolute Gasteiger partial charge is 0.486 e. The van der Waals surface area contributed by atoms with Gasteiger partial charge in [-0.1, -0.05) is 30.3 Å². The van der Waals surface area contributed by atoms with E-state index in [1.807, 2.05) is 29.2 Å². The van der Waals surface area contributed by atoms with Crippen LogP contribution in [0.4, 0.5) is 0 Å². The number of ether oxygens (including phenoxy) is 2. The van der Waals surface area contributed by atoms with Crippen LogP contribution in [0.25, 0.3) is 0 Å². The van der Waals surface area contributed by atoms with Gasteiger partial charge in [-0.2, -0.15) is 0 Å². The van der Waals surface area contributed by atoms with Crippen molar-refractivity contribution in [3.8, 4) is 11.5 Å². The zero-order chi connectivity index (χ0) is 19.3. The summed E-state index contributed by atoms with van der Waals surface area (Å²) in [5, 5.41) is 0. The summed E-state index contributed by atoms with van der Waals surface area (Å²) in [4.78, 5) is 15.8. The molecule has 0 unspecified atom stereocenters. The molecule has 28 heavy (non-hydrogen) atoms. The topological polar surface area (TPSA) is 64.8 Å². The number of nitrogens with zero attached hydrogens (tertiary/aromatic N) is 1. The van der Waals surface area contributed by atoms with Crippen molar-refractivity contribution in [1.82, 2.24) is 4.90 Å². The molecule has 6 heteroatoms. The highest BCUT2D eigenvalue weighted by Crippen LogP contribution is 2.35. The summed E-state index contributed by atoms with van der Waals surface area (Å²) in [5.74, 6) is 3.21. The highest BCUT2D eigenvalue weighted by molar-refractivity contribution is 7.99. The Morgan fingerprint density at radius 2 is 1.86 bits per heavy atom. The zero-order valence-electron chi connectivity index (χ0n) is 15.9. The summed E-state index contributed by atoms with van der Waals surface area (Å²) in [5.41, 5.74) is 7.27. The van der Waals surface area contributed by atoms with Gasteiger partial charge in [-0.05, 0) is 36.2 Å². The maximum absolute atomic E-state index is 12.7. The number of nitrogens with two attached hydrogens (primary N) is 1. The first kappa shape index (κ1) is 19.2. The molecule has 0 spiro atoms. The van der Waals surface area contributed by atoms with E-state index in [2.05, 4.69) is 24.3 Å². The van der Waals surface area contributed by atoms with E-state index in [0.29, 0.717) is 38.0 Å². The molecule has 2 aliphatic rings. The van der Waals surface area contributed by atoms with Crippen LogP contribution in [0.5, 0.6) is 11.5 Å². The first-order chi connectivity index (χ1) is 13.7. The number of amides is 1. The number of benzene rings is 2. The predicted octanol–water partition coefficient (Wildman–Crippen LogP) is 3.14. The van der Waals surface area contributed by atoms with E-state index in [1.165, 1.54) is 5.56 Å². The molecule has 0 radical (unpaired) electrons. The average molecular weight is 399 g/mol. The molecule has 0 bridgehead atoms. The second-order valence-electron chi connectivity index (χ2n) is 7.22. The fourth-order valence-corrected chi connectivity index (χ4v) is 4.79. The molecule has 148 valence electrons. The van der Waals surface area contributed by atoms with Gasteiger partial charge in [-0.3, -0.25) is 4.79 Å². The molecule has 2 aromatic carbocycles. The first-order valence-corrected chi connectivity index (χ1v) is 10.8. The van der Waals surface area contributed by atoms with Crippen LogP contribution < -0.4 is 15.2 Å². The van der Waals surface area contributed by atoms with Gasteiger partial charge in [0.2, 0.25) is 5.91 Å². The van der Waals surface area contributed by atoms with Crippen molar-refractivity contribution < 1.29 is 14.3 Å². The zero-order valence-corrected chi connectivity index (χ0v) is 16.7. The van der Waals surface area contributed by atoms with E-state index in [-0.39, 0.29) is 5.91 Å². The van der Waals surface area contributed by atoms with Crippen molar-refractivity contribution in [2.24, 2.45) is 11.7 Å². The lowest BCUT2D eigenvalue weighted by molar-refractivity contribution is -0.129. The van der Waals surface area contributed by atoms with Crippen LogP contribution in [0.3, 0.4) is 0 Å². The minimum atomic E-state index is 0.210. The Morgan fingerprint density at radius 1 is 1.07 bits per heavy atom. The van der Waals surface area contributed by atoms with E-state index in [1.54, 1.807) is 11.8 Å². The minimum Gasteiger partial charge on any atom is -0.486 e. The highest BCUT2D eigenvalue weighted by Gasteiger charge is 2.34. The molecule has 4 rings (SSSR count). The van der Waals surface area contributed by atoms with Crippen LogP contribution in [0.1, 0.15) is 17.9 Å². The van der Waals surface area contributed by atoms with E-state index in [0.717, 1.165) is 35.2 Å². The fraction of sp³-hybridized carbons (Fsp3) is 0.409. The molecule has 2 aliphatic heterocycles.